The van der Waals surface area contributed by atoms with Crippen LogP contribution in [0, 0.1) is 17.8 Å². The first-order valence-corrected chi connectivity index (χ1v) is 20.3. The Morgan fingerprint density at radius 2 is 1.85 bits per heavy atom. The van der Waals surface area contributed by atoms with Gasteiger partial charge in [-0.25, -0.2) is 4.79 Å². The Morgan fingerprint density at radius 3 is 2.52 bits per heavy atom. The number of aliphatic hydroxyl groups is 2. The van der Waals surface area contributed by atoms with E-state index in [1.165, 1.54) is 0 Å². The van der Waals surface area contributed by atoms with Crippen LogP contribution >= 0.6 is 0 Å². The number of carbonyl (C=O) groups excluding carboxylic acids is 1. The van der Waals surface area contributed by atoms with Crippen molar-refractivity contribution < 1.29 is 38.8 Å². The minimum Gasteiger partial charge on any atom is -0.492 e. The standard InChI is InChI=1S/C43H65N3O8/c1-7-10-26-51-41(49)46(19-8-2)38-30-36(44-54-42(4,5)6)34-28-31(15-11-13-23-47)33(16-12-14-24-48)39-35-29-32(50-27-22-45-20-21-45)17-18-37(35)53-43(38,40(34)39)52-25-9-3/h7,9,17-18,28-29,31,33,38-40,47-48H,1,3,8,10-16,19-27,30H2,2,4-6H3/t31-,33+,38-,39+,40+,43+/m0/s1. The van der Waals surface area contributed by atoms with E-state index in [0.29, 0.717) is 51.0 Å². The van der Waals surface area contributed by atoms with Gasteiger partial charge < -0.3 is 34.0 Å². The average molecular weight is 752 g/mol. The summed E-state index contributed by atoms with van der Waals surface area (Å²) in [6.07, 6.45) is 11.8. The summed E-state index contributed by atoms with van der Waals surface area (Å²) in [5.74, 6) is -0.0478. The third-order valence-corrected chi connectivity index (χ3v) is 10.9. The van der Waals surface area contributed by atoms with Crippen molar-refractivity contribution in [1.82, 2.24) is 9.80 Å². The number of aliphatic hydroxyl groups excluding tert-OH is 2. The molecule has 2 heterocycles. The molecule has 54 heavy (non-hydrogen) atoms. The van der Waals surface area contributed by atoms with Crippen LogP contribution in [-0.2, 0) is 14.3 Å². The van der Waals surface area contributed by atoms with E-state index in [2.05, 4.69) is 30.2 Å². The fraction of sp³-hybridized carbons (Fsp3) is 0.674. The molecule has 2 fully saturated rings. The van der Waals surface area contributed by atoms with E-state index in [1.807, 2.05) is 39.8 Å². The van der Waals surface area contributed by atoms with Crippen molar-refractivity contribution in [3.63, 3.8) is 0 Å². The Bertz CT molecular complexity index is 1470. The molecule has 2 aliphatic heterocycles. The molecule has 2 N–H and O–H groups in total. The van der Waals surface area contributed by atoms with Crippen molar-refractivity contribution in [1.29, 1.82) is 0 Å². The maximum atomic E-state index is 14.1. The van der Waals surface area contributed by atoms with Crippen molar-refractivity contribution in [2.45, 2.75) is 109 Å². The van der Waals surface area contributed by atoms with Gasteiger partial charge in [-0.3, -0.25) is 9.80 Å². The Balaban J connectivity index is 1.74. The van der Waals surface area contributed by atoms with E-state index in [1.54, 1.807) is 17.1 Å². The summed E-state index contributed by atoms with van der Waals surface area (Å²) in [4.78, 5) is 24.4. The molecule has 5 rings (SSSR count). The highest BCUT2D eigenvalue weighted by atomic mass is 16.7. The molecule has 2 aliphatic carbocycles. The summed E-state index contributed by atoms with van der Waals surface area (Å²) in [5, 5.41) is 24.6. The van der Waals surface area contributed by atoms with Crippen LogP contribution in [0.1, 0.15) is 97.0 Å². The molecular weight excluding hydrogens is 686 g/mol. The van der Waals surface area contributed by atoms with Crippen LogP contribution in [0.3, 0.4) is 0 Å². The van der Waals surface area contributed by atoms with E-state index in [9.17, 15) is 15.0 Å². The van der Waals surface area contributed by atoms with Crippen LogP contribution in [0.2, 0.25) is 0 Å². The zero-order valence-corrected chi connectivity index (χ0v) is 33.2. The summed E-state index contributed by atoms with van der Waals surface area (Å²) < 4.78 is 26.5. The molecule has 0 aromatic heterocycles. The molecular formula is C43H65N3O8. The lowest BCUT2D eigenvalue weighted by Crippen LogP contribution is -2.70. The summed E-state index contributed by atoms with van der Waals surface area (Å²) in [5.41, 5.74) is 2.26. The number of carbonyl (C=O) groups is 1. The smallest absolute Gasteiger partial charge is 0.410 e. The lowest BCUT2D eigenvalue weighted by Gasteiger charge is -2.60. The number of hydrogen-bond donors (Lipinski definition) is 2. The van der Waals surface area contributed by atoms with Gasteiger partial charge >= 0.3 is 6.09 Å². The molecule has 4 aliphatic rings. The highest BCUT2D eigenvalue weighted by molar-refractivity contribution is 6.03. The largest absolute Gasteiger partial charge is 0.492 e. The van der Waals surface area contributed by atoms with Crippen LogP contribution in [0.15, 0.2) is 60.3 Å². The average Bonchev–Trinajstić information content (AvgIpc) is 3.98. The third-order valence-electron chi connectivity index (χ3n) is 10.9. The zero-order valence-electron chi connectivity index (χ0n) is 33.2. The Labute approximate surface area is 323 Å². The van der Waals surface area contributed by atoms with Crippen molar-refractivity contribution in [3.05, 3.63) is 60.7 Å². The van der Waals surface area contributed by atoms with Gasteiger partial charge in [0.1, 0.15) is 29.7 Å². The van der Waals surface area contributed by atoms with Crippen LogP contribution in [0.5, 0.6) is 11.5 Å². The lowest BCUT2D eigenvalue weighted by atomic mass is 9.55. The van der Waals surface area contributed by atoms with E-state index in [-0.39, 0.29) is 50.1 Å². The second-order valence-corrected chi connectivity index (χ2v) is 16.1. The number of ether oxygens (including phenoxy) is 4. The number of fused-ring (bicyclic) bond motifs is 2. The van der Waals surface area contributed by atoms with Crippen molar-refractivity contribution in [2.75, 3.05) is 59.2 Å². The second kappa shape index (κ2) is 19.5. The van der Waals surface area contributed by atoms with Crippen molar-refractivity contribution in [3.8, 4) is 11.5 Å². The zero-order chi connectivity index (χ0) is 38.7. The van der Waals surface area contributed by atoms with E-state index >= 15 is 0 Å². The number of oxime groups is 1. The molecule has 1 aromatic carbocycles. The first kappa shape index (κ1) is 41.8. The molecule has 0 spiro atoms. The lowest BCUT2D eigenvalue weighted by molar-refractivity contribution is -0.255. The first-order valence-electron chi connectivity index (χ1n) is 20.3. The number of amides is 1. The minimum absolute atomic E-state index is 0.116. The van der Waals surface area contributed by atoms with Crippen LogP contribution in [0.25, 0.3) is 0 Å². The maximum absolute atomic E-state index is 14.1. The van der Waals surface area contributed by atoms with Gasteiger partial charge in [-0.15, -0.1) is 13.2 Å². The summed E-state index contributed by atoms with van der Waals surface area (Å²) in [7, 11) is 0. The summed E-state index contributed by atoms with van der Waals surface area (Å²) >= 11 is 0. The molecule has 1 saturated heterocycles. The fourth-order valence-corrected chi connectivity index (χ4v) is 8.44. The van der Waals surface area contributed by atoms with Gasteiger partial charge in [-0.1, -0.05) is 43.1 Å². The van der Waals surface area contributed by atoms with Gasteiger partial charge in [0, 0.05) is 57.3 Å². The Kier molecular flexibility index (Phi) is 15.1. The number of benzene rings is 1. The van der Waals surface area contributed by atoms with Gasteiger partial charge in [0.25, 0.3) is 0 Å². The normalized spacial score (nSPS) is 26.5. The highest BCUT2D eigenvalue weighted by Gasteiger charge is 2.65. The van der Waals surface area contributed by atoms with Crippen molar-refractivity contribution in [2.24, 2.45) is 22.9 Å². The van der Waals surface area contributed by atoms with E-state index in [4.69, 9.17) is 28.9 Å². The topological polar surface area (TPSA) is 122 Å². The fourth-order valence-electron chi connectivity index (χ4n) is 8.44. The predicted octanol–water partition coefficient (Wildman–Crippen LogP) is 7.24. The molecule has 1 aromatic rings. The quantitative estimate of drug-likeness (QED) is 0.0547. The number of allylic oxidation sites excluding steroid dienone is 1. The van der Waals surface area contributed by atoms with Gasteiger partial charge in [0.15, 0.2) is 0 Å². The van der Waals surface area contributed by atoms with Crippen LogP contribution < -0.4 is 9.47 Å². The molecule has 0 unspecified atom stereocenters. The van der Waals surface area contributed by atoms with Gasteiger partial charge in [0.05, 0.1) is 24.8 Å². The van der Waals surface area contributed by atoms with E-state index < -0.39 is 23.5 Å². The molecule has 0 radical (unpaired) electrons. The molecule has 6 atom stereocenters. The van der Waals surface area contributed by atoms with Gasteiger partial charge in [0.2, 0.25) is 5.79 Å². The number of hydrogen-bond acceptors (Lipinski definition) is 10. The molecule has 1 saturated carbocycles. The summed E-state index contributed by atoms with van der Waals surface area (Å²) in [6.45, 7) is 20.6. The second-order valence-electron chi connectivity index (χ2n) is 16.1. The van der Waals surface area contributed by atoms with Crippen LogP contribution in [-0.4, -0.2) is 108 Å². The predicted molar refractivity (Wildman–Crippen MR) is 211 cm³/mol. The Hall–Kier alpha value is -3.38. The number of rotatable bonds is 22. The monoisotopic (exact) mass is 751 g/mol. The molecule has 300 valence electrons. The number of nitrogens with zero attached hydrogens (tertiary/aromatic N) is 3. The van der Waals surface area contributed by atoms with Crippen molar-refractivity contribution >= 4 is 11.8 Å². The number of unbranched alkanes of at least 4 members (excludes halogenated alkanes) is 2. The minimum atomic E-state index is -1.32. The summed E-state index contributed by atoms with van der Waals surface area (Å²) in [6, 6.07) is 5.49. The SMILES string of the molecule is C=CCCOC(=O)N(CCC)[C@H]1CC(=NOC(C)(C)C)C2=C[C@H](CCCCO)[C@@H](CCCCO)[C@@H]3c4cc(OCCN5CC5)ccc4O[C@@]1(OCC=C)[C@H]23. The highest BCUT2D eigenvalue weighted by Crippen LogP contribution is 2.62. The molecule has 11 nitrogen and oxygen atoms in total. The molecule has 0 bridgehead atoms. The maximum Gasteiger partial charge on any atom is 0.410 e. The molecule has 1 amide bonds. The van der Waals surface area contributed by atoms with E-state index in [0.717, 1.165) is 67.9 Å². The third kappa shape index (κ3) is 10.1. The first-order chi connectivity index (χ1) is 26.1. The molecule has 11 heteroatoms. The van der Waals surface area contributed by atoms with Gasteiger partial charge in [-0.2, -0.15) is 0 Å². The Morgan fingerprint density at radius 1 is 1.09 bits per heavy atom. The van der Waals surface area contributed by atoms with Gasteiger partial charge in [-0.05, 0) is 94.9 Å². The van der Waals surface area contributed by atoms with Crippen LogP contribution in [0.4, 0.5) is 4.79 Å².